The molecule has 0 bridgehead atoms. The number of nitrogens with one attached hydrogen (secondary N) is 1. The van der Waals surface area contributed by atoms with Crippen molar-refractivity contribution in [2.24, 2.45) is 7.05 Å². The standard InChI is InChI=1S/C23H31N5O4/c1-26-11-4-6-21(26)17-27(13-15-32-3)22(29)18-28(12-5-14-31-2)23(30)25-20-9-7-19(16-24)8-10-20/h4,6-11H,5,12-15,17-18H2,1-3H3,(H,25,30). The van der Waals surface area contributed by atoms with Crippen LogP contribution in [0, 0.1) is 11.3 Å². The van der Waals surface area contributed by atoms with E-state index in [9.17, 15) is 9.59 Å². The van der Waals surface area contributed by atoms with Gasteiger partial charge in [0.25, 0.3) is 0 Å². The average molecular weight is 442 g/mol. The smallest absolute Gasteiger partial charge is 0.322 e. The maximum atomic E-state index is 13.1. The highest BCUT2D eigenvalue weighted by molar-refractivity contribution is 5.92. The van der Waals surface area contributed by atoms with Crippen LogP contribution in [0.3, 0.4) is 0 Å². The van der Waals surface area contributed by atoms with Gasteiger partial charge in [-0.1, -0.05) is 0 Å². The zero-order valence-electron chi connectivity index (χ0n) is 18.9. The zero-order chi connectivity index (χ0) is 23.3. The Hall–Kier alpha value is -3.35. The number of hydrogen-bond donors (Lipinski definition) is 1. The molecule has 0 fully saturated rings. The molecular weight excluding hydrogens is 410 g/mol. The molecule has 9 heteroatoms. The summed E-state index contributed by atoms with van der Waals surface area (Å²) < 4.78 is 12.2. The minimum atomic E-state index is -0.385. The van der Waals surface area contributed by atoms with Crippen LogP contribution in [-0.4, -0.2) is 73.4 Å². The van der Waals surface area contributed by atoms with Crippen molar-refractivity contribution in [3.63, 3.8) is 0 Å². The molecule has 0 saturated carbocycles. The van der Waals surface area contributed by atoms with Crippen LogP contribution < -0.4 is 5.32 Å². The molecule has 1 aromatic carbocycles. The van der Waals surface area contributed by atoms with E-state index in [1.165, 1.54) is 4.90 Å². The Kier molecular flexibility index (Phi) is 10.2. The van der Waals surface area contributed by atoms with Gasteiger partial charge in [0.05, 0.1) is 24.8 Å². The molecule has 0 spiro atoms. The van der Waals surface area contributed by atoms with Crippen LogP contribution >= 0.6 is 0 Å². The molecule has 1 heterocycles. The van der Waals surface area contributed by atoms with E-state index in [4.69, 9.17) is 14.7 Å². The van der Waals surface area contributed by atoms with Gasteiger partial charge in [0.15, 0.2) is 0 Å². The van der Waals surface area contributed by atoms with Gasteiger partial charge in [-0.3, -0.25) is 4.79 Å². The first kappa shape index (κ1) is 24.9. The molecule has 9 nitrogen and oxygen atoms in total. The van der Waals surface area contributed by atoms with Crippen LogP contribution in [0.5, 0.6) is 0 Å². The first-order chi connectivity index (χ1) is 15.5. The van der Waals surface area contributed by atoms with E-state index in [1.54, 1.807) is 43.4 Å². The molecular formula is C23H31N5O4. The monoisotopic (exact) mass is 441 g/mol. The van der Waals surface area contributed by atoms with Crippen molar-refractivity contribution in [1.82, 2.24) is 14.4 Å². The number of urea groups is 1. The molecule has 0 atom stereocenters. The van der Waals surface area contributed by atoms with E-state index in [1.807, 2.05) is 36.0 Å². The number of nitriles is 1. The summed E-state index contributed by atoms with van der Waals surface area (Å²) in [4.78, 5) is 29.2. The lowest BCUT2D eigenvalue weighted by Gasteiger charge is -2.28. The summed E-state index contributed by atoms with van der Waals surface area (Å²) in [6.07, 6.45) is 2.52. The van der Waals surface area contributed by atoms with E-state index < -0.39 is 0 Å². The lowest BCUT2D eigenvalue weighted by atomic mass is 10.2. The van der Waals surface area contributed by atoms with Crippen LogP contribution in [0.1, 0.15) is 17.7 Å². The molecule has 172 valence electrons. The molecule has 0 aliphatic heterocycles. The maximum absolute atomic E-state index is 13.1. The summed E-state index contributed by atoms with van der Waals surface area (Å²) in [5.74, 6) is -0.171. The highest BCUT2D eigenvalue weighted by Gasteiger charge is 2.22. The van der Waals surface area contributed by atoms with Crippen LogP contribution in [0.25, 0.3) is 0 Å². The number of hydrogen-bond acceptors (Lipinski definition) is 5. The fourth-order valence-corrected chi connectivity index (χ4v) is 3.10. The van der Waals surface area contributed by atoms with Gasteiger partial charge in [0.2, 0.25) is 5.91 Å². The normalized spacial score (nSPS) is 10.4. The number of ether oxygens (including phenoxy) is 2. The van der Waals surface area contributed by atoms with Crippen LogP contribution in [0.4, 0.5) is 10.5 Å². The van der Waals surface area contributed by atoms with Gasteiger partial charge < -0.3 is 29.2 Å². The molecule has 0 aliphatic carbocycles. The fourth-order valence-electron chi connectivity index (χ4n) is 3.10. The molecule has 2 rings (SSSR count). The second kappa shape index (κ2) is 13.1. The highest BCUT2D eigenvalue weighted by atomic mass is 16.5. The zero-order valence-corrected chi connectivity index (χ0v) is 18.9. The Labute approximate surface area is 189 Å². The largest absolute Gasteiger partial charge is 0.385 e. The lowest BCUT2D eigenvalue weighted by molar-refractivity contribution is -0.133. The van der Waals surface area contributed by atoms with Gasteiger partial charge in [0.1, 0.15) is 6.54 Å². The Morgan fingerprint density at radius 3 is 2.38 bits per heavy atom. The van der Waals surface area contributed by atoms with Crippen molar-refractivity contribution >= 4 is 17.6 Å². The minimum Gasteiger partial charge on any atom is -0.385 e. The quantitative estimate of drug-likeness (QED) is 0.510. The number of aromatic nitrogens is 1. The molecule has 3 amide bonds. The van der Waals surface area contributed by atoms with Gasteiger partial charge in [0, 0.05) is 58.5 Å². The molecule has 0 saturated heterocycles. The van der Waals surface area contributed by atoms with E-state index in [-0.39, 0.29) is 18.5 Å². The highest BCUT2D eigenvalue weighted by Crippen LogP contribution is 2.11. The SMILES string of the molecule is COCCCN(CC(=O)N(CCOC)Cc1cccn1C)C(=O)Nc1ccc(C#N)cc1. The van der Waals surface area contributed by atoms with E-state index >= 15 is 0 Å². The van der Waals surface area contributed by atoms with Gasteiger partial charge in [-0.15, -0.1) is 0 Å². The first-order valence-corrected chi connectivity index (χ1v) is 10.4. The summed E-state index contributed by atoms with van der Waals surface area (Å²) in [6.45, 7) is 2.02. The van der Waals surface area contributed by atoms with Crippen LogP contribution in [-0.2, 0) is 27.9 Å². The second-order valence-electron chi connectivity index (χ2n) is 7.31. The average Bonchev–Trinajstić information content (AvgIpc) is 3.20. The summed E-state index contributed by atoms with van der Waals surface area (Å²) >= 11 is 0. The predicted molar refractivity (Wildman–Crippen MR) is 121 cm³/mol. The third-order valence-electron chi connectivity index (χ3n) is 4.98. The van der Waals surface area contributed by atoms with E-state index in [0.29, 0.717) is 50.5 Å². The van der Waals surface area contributed by atoms with Gasteiger partial charge in [-0.05, 0) is 42.8 Å². The topological polar surface area (TPSA) is 99.8 Å². The van der Waals surface area contributed by atoms with Crippen LogP contribution in [0.2, 0.25) is 0 Å². The Morgan fingerprint density at radius 2 is 1.78 bits per heavy atom. The molecule has 2 aromatic rings. The number of rotatable bonds is 12. The Bertz CT molecular complexity index is 904. The number of methoxy groups -OCH3 is 2. The number of amides is 3. The van der Waals surface area contributed by atoms with Gasteiger partial charge in [-0.25, -0.2) is 4.79 Å². The molecule has 0 unspecified atom stereocenters. The van der Waals surface area contributed by atoms with Crippen LogP contribution in [0.15, 0.2) is 42.6 Å². The first-order valence-electron chi connectivity index (χ1n) is 10.4. The van der Waals surface area contributed by atoms with Crippen molar-refractivity contribution in [3.8, 4) is 6.07 Å². The number of aryl methyl sites for hydroxylation is 1. The number of nitrogens with zero attached hydrogens (tertiary/aromatic N) is 4. The molecule has 32 heavy (non-hydrogen) atoms. The predicted octanol–water partition coefficient (Wildman–Crippen LogP) is 2.44. The van der Waals surface area contributed by atoms with E-state index in [2.05, 4.69) is 5.32 Å². The third-order valence-corrected chi connectivity index (χ3v) is 4.98. The van der Waals surface area contributed by atoms with Gasteiger partial charge >= 0.3 is 6.03 Å². The molecule has 0 radical (unpaired) electrons. The minimum absolute atomic E-state index is 0.0695. The van der Waals surface area contributed by atoms with Crippen molar-refractivity contribution < 1.29 is 19.1 Å². The fraction of sp³-hybridized carbons (Fsp3) is 0.435. The molecule has 1 N–H and O–H groups in total. The number of carbonyl (C=O) groups excluding carboxylic acids is 2. The van der Waals surface area contributed by atoms with Gasteiger partial charge in [-0.2, -0.15) is 5.26 Å². The molecule has 0 aliphatic rings. The van der Waals surface area contributed by atoms with E-state index in [0.717, 1.165) is 5.69 Å². The number of benzene rings is 1. The van der Waals surface area contributed by atoms with Crippen molar-refractivity contribution in [1.29, 1.82) is 5.26 Å². The Balaban J connectivity index is 2.10. The lowest BCUT2D eigenvalue weighted by Crippen LogP contribution is -2.45. The summed E-state index contributed by atoms with van der Waals surface area (Å²) in [5.41, 5.74) is 2.05. The summed E-state index contributed by atoms with van der Waals surface area (Å²) in [7, 11) is 5.11. The maximum Gasteiger partial charge on any atom is 0.322 e. The second-order valence-corrected chi connectivity index (χ2v) is 7.31. The van der Waals surface area contributed by atoms with Crippen molar-refractivity contribution in [2.75, 3.05) is 52.4 Å². The summed E-state index contributed by atoms with van der Waals surface area (Å²) in [5, 5.41) is 11.7. The third kappa shape index (κ3) is 7.72. The number of anilines is 1. The molecule has 1 aromatic heterocycles. The Morgan fingerprint density at radius 1 is 1.06 bits per heavy atom. The number of carbonyl (C=O) groups is 2. The van der Waals surface area contributed by atoms with Crippen molar-refractivity contribution in [3.05, 3.63) is 53.9 Å². The van der Waals surface area contributed by atoms with Crippen molar-refractivity contribution in [2.45, 2.75) is 13.0 Å². The summed E-state index contributed by atoms with van der Waals surface area (Å²) in [6, 6.07) is 12.1.